The quantitative estimate of drug-likeness (QED) is 0.353. The number of carbonyl (C=O) groups is 2. The first-order chi connectivity index (χ1) is 14.1. The summed E-state index contributed by atoms with van der Waals surface area (Å²) < 4.78 is 18.4. The molecular weight excluding hydrogens is 504 g/mol. The number of guanidine groups is 1. The fourth-order valence-electron chi connectivity index (χ4n) is 3.02. The molecule has 1 aliphatic heterocycles. The van der Waals surface area contributed by atoms with Crippen molar-refractivity contribution < 1.29 is 18.4 Å². The molecule has 0 saturated carbocycles. The van der Waals surface area contributed by atoms with E-state index in [2.05, 4.69) is 15.6 Å². The third-order valence-electron chi connectivity index (χ3n) is 4.41. The molecule has 162 valence electrons. The molecule has 10 heteroatoms. The highest BCUT2D eigenvalue weighted by molar-refractivity contribution is 14.0. The molecule has 1 aliphatic rings. The molecule has 2 N–H and O–H groups in total. The number of rotatable bonds is 5. The van der Waals surface area contributed by atoms with Gasteiger partial charge < -0.3 is 24.9 Å². The van der Waals surface area contributed by atoms with Gasteiger partial charge in [0.15, 0.2) is 11.7 Å². The average Bonchev–Trinajstić information content (AvgIpc) is 3.25. The van der Waals surface area contributed by atoms with Gasteiger partial charge in [0.05, 0.1) is 6.26 Å². The van der Waals surface area contributed by atoms with Gasteiger partial charge in [-0.25, -0.2) is 9.38 Å². The third kappa shape index (κ3) is 6.44. The van der Waals surface area contributed by atoms with Crippen molar-refractivity contribution in [1.82, 2.24) is 15.1 Å². The molecule has 2 heterocycles. The van der Waals surface area contributed by atoms with E-state index in [0.29, 0.717) is 50.1 Å². The van der Waals surface area contributed by atoms with E-state index in [1.807, 2.05) is 11.8 Å². The van der Waals surface area contributed by atoms with Crippen molar-refractivity contribution >= 4 is 47.4 Å². The van der Waals surface area contributed by atoms with Crippen LogP contribution in [0, 0.1) is 5.82 Å². The van der Waals surface area contributed by atoms with Gasteiger partial charge in [-0.05, 0) is 37.3 Å². The summed E-state index contributed by atoms with van der Waals surface area (Å²) >= 11 is 0. The summed E-state index contributed by atoms with van der Waals surface area (Å²) in [5.41, 5.74) is 0.389. The van der Waals surface area contributed by atoms with Crippen molar-refractivity contribution in [3.05, 3.63) is 54.2 Å². The van der Waals surface area contributed by atoms with E-state index in [1.165, 1.54) is 24.5 Å². The molecule has 0 spiro atoms. The van der Waals surface area contributed by atoms with Crippen molar-refractivity contribution in [3.8, 4) is 0 Å². The number of amides is 2. The molecule has 0 aliphatic carbocycles. The Balaban J connectivity index is 0.00000320. The molecule has 3 rings (SSSR count). The Hall–Kier alpha value is -2.63. The van der Waals surface area contributed by atoms with Gasteiger partial charge in [-0.2, -0.15) is 0 Å². The molecule has 1 saturated heterocycles. The highest BCUT2D eigenvalue weighted by Crippen LogP contribution is 2.10. The standard InChI is InChI=1S/C20H24FN5O3.HI/c1-2-22-20(23-14-18(27)24-16-6-3-5-15(21)13-16)26-10-8-25(9-11-26)19(28)17-7-4-12-29-17;/h3-7,12-13H,2,8-11,14H2,1H3,(H,22,23)(H,24,27);1H. The first-order valence-corrected chi connectivity index (χ1v) is 9.48. The van der Waals surface area contributed by atoms with Gasteiger partial charge in [-0.15, -0.1) is 24.0 Å². The Bertz CT molecular complexity index is 867. The van der Waals surface area contributed by atoms with Crippen LogP contribution in [0.4, 0.5) is 10.1 Å². The number of nitrogens with one attached hydrogen (secondary N) is 2. The van der Waals surface area contributed by atoms with Crippen molar-refractivity contribution in [2.75, 3.05) is 44.6 Å². The Labute approximate surface area is 191 Å². The number of nitrogens with zero attached hydrogens (tertiary/aromatic N) is 3. The summed E-state index contributed by atoms with van der Waals surface area (Å²) in [5.74, 6) is 0.0466. The molecule has 1 aromatic carbocycles. The number of halogens is 2. The molecule has 0 atom stereocenters. The second kappa shape index (κ2) is 11.5. The van der Waals surface area contributed by atoms with Gasteiger partial charge in [0.1, 0.15) is 12.4 Å². The Morgan fingerprint density at radius 2 is 1.87 bits per heavy atom. The summed E-state index contributed by atoms with van der Waals surface area (Å²) in [5, 5.41) is 5.79. The van der Waals surface area contributed by atoms with Crippen LogP contribution in [0.5, 0.6) is 0 Å². The number of carbonyl (C=O) groups excluding carboxylic acids is 2. The minimum absolute atomic E-state index is 0. The zero-order valence-corrected chi connectivity index (χ0v) is 19.0. The van der Waals surface area contributed by atoms with Crippen LogP contribution < -0.4 is 10.6 Å². The van der Waals surface area contributed by atoms with E-state index in [4.69, 9.17) is 4.42 Å². The Morgan fingerprint density at radius 1 is 1.13 bits per heavy atom. The lowest BCUT2D eigenvalue weighted by molar-refractivity contribution is -0.114. The van der Waals surface area contributed by atoms with Gasteiger partial charge in [-0.3, -0.25) is 9.59 Å². The Kier molecular flexibility index (Phi) is 9.09. The summed E-state index contributed by atoms with van der Waals surface area (Å²) in [4.78, 5) is 32.6. The predicted molar refractivity (Wildman–Crippen MR) is 123 cm³/mol. The van der Waals surface area contributed by atoms with Gasteiger partial charge in [0, 0.05) is 38.4 Å². The number of piperazine rings is 1. The molecule has 0 bridgehead atoms. The second-order valence-electron chi connectivity index (χ2n) is 6.49. The summed E-state index contributed by atoms with van der Waals surface area (Å²) in [6, 6.07) is 9.05. The van der Waals surface area contributed by atoms with E-state index >= 15 is 0 Å². The largest absolute Gasteiger partial charge is 0.459 e. The van der Waals surface area contributed by atoms with Crippen LogP contribution >= 0.6 is 24.0 Å². The summed E-state index contributed by atoms with van der Waals surface area (Å²) in [6.07, 6.45) is 1.48. The van der Waals surface area contributed by atoms with E-state index in [9.17, 15) is 14.0 Å². The van der Waals surface area contributed by atoms with Crippen LogP contribution in [0.25, 0.3) is 0 Å². The molecule has 2 amide bonds. The smallest absolute Gasteiger partial charge is 0.289 e. The zero-order valence-electron chi connectivity index (χ0n) is 16.6. The molecule has 30 heavy (non-hydrogen) atoms. The lowest BCUT2D eigenvalue weighted by Gasteiger charge is -2.36. The number of hydrogen-bond acceptors (Lipinski definition) is 4. The highest BCUT2D eigenvalue weighted by Gasteiger charge is 2.25. The number of hydrogen-bond donors (Lipinski definition) is 2. The van der Waals surface area contributed by atoms with Crippen LogP contribution in [-0.4, -0.2) is 66.8 Å². The van der Waals surface area contributed by atoms with Gasteiger partial charge in [0.2, 0.25) is 5.91 Å². The predicted octanol–water partition coefficient (Wildman–Crippen LogP) is 2.40. The maximum atomic E-state index is 13.2. The molecular formula is C20H25FIN5O3. The molecule has 1 aromatic heterocycles. The average molecular weight is 529 g/mol. The maximum absolute atomic E-state index is 13.2. The highest BCUT2D eigenvalue weighted by atomic mass is 127. The topological polar surface area (TPSA) is 90.2 Å². The van der Waals surface area contributed by atoms with Crippen LogP contribution in [0.15, 0.2) is 52.1 Å². The normalized spacial score (nSPS) is 14.1. The SMILES string of the molecule is CCNC(=NCC(=O)Nc1cccc(F)c1)N1CCN(C(=O)c2ccco2)CC1.I. The van der Waals surface area contributed by atoms with Gasteiger partial charge in [-0.1, -0.05) is 6.07 Å². The van der Waals surface area contributed by atoms with E-state index < -0.39 is 5.82 Å². The van der Waals surface area contributed by atoms with Crippen molar-refractivity contribution in [1.29, 1.82) is 0 Å². The monoisotopic (exact) mass is 529 g/mol. The Morgan fingerprint density at radius 3 is 2.50 bits per heavy atom. The summed E-state index contributed by atoms with van der Waals surface area (Å²) in [7, 11) is 0. The lowest BCUT2D eigenvalue weighted by atomic mass is 10.3. The maximum Gasteiger partial charge on any atom is 0.289 e. The van der Waals surface area contributed by atoms with Crippen LogP contribution in [0.3, 0.4) is 0 Å². The van der Waals surface area contributed by atoms with Crippen molar-refractivity contribution in [2.45, 2.75) is 6.92 Å². The van der Waals surface area contributed by atoms with Gasteiger partial charge in [0.25, 0.3) is 5.91 Å². The van der Waals surface area contributed by atoms with Crippen LogP contribution in [0.2, 0.25) is 0 Å². The molecule has 0 radical (unpaired) electrons. The fourth-order valence-corrected chi connectivity index (χ4v) is 3.02. The molecule has 2 aromatic rings. The first kappa shape index (κ1) is 23.6. The summed E-state index contributed by atoms with van der Waals surface area (Å²) in [6.45, 7) is 4.73. The first-order valence-electron chi connectivity index (χ1n) is 9.48. The molecule has 0 unspecified atom stereocenters. The number of anilines is 1. The molecule has 8 nitrogen and oxygen atoms in total. The zero-order chi connectivity index (χ0) is 20.6. The van der Waals surface area contributed by atoms with E-state index in [-0.39, 0.29) is 42.3 Å². The second-order valence-corrected chi connectivity index (χ2v) is 6.49. The van der Waals surface area contributed by atoms with Gasteiger partial charge >= 0.3 is 0 Å². The number of benzene rings is 1. The van der Waals surface area contributed by atoms with Crippen LogP contribution in [-0.2, 0) is 4.79 Å². The van der Waals surface area contributed by atoms with E-state index in [1.54, 1.807) is 23.1 Å². The van der Waals surface area contributed by atoms with Crippen LogP contribution in [0.1, 0.15) is 17.5 Å². The fraction of sp³-hybridized carbons (Fsp3) is 0.350. The minimum atomic E-state index is -0.415. The van der Waals surface area contributed by atoms with Crippen molar-refractivity contribution in [3.63, 3.8) is 0 Å². The number of aliphatic imine (C=N–C) groups is 1. The molecule has 1 fully saturated rings. The number of furan rings is 1. The third-order valence-corrected chi connectivity index (χ3v) is 4.41. The lowest BCUT2D eigenvalue weighted by Crippen LogP contribution is -2.53. The van der Waals surface area contributed by atoms with E-state index in [0.717, 1.165) is 0 Å². The minimum Gasteiger partial charge on any atom is -0.459 e. The van der Waals surface area contributed by atoms with Crippen molar-refractivity contribution in [2.24, 2.45) is 4.99 Å².